The summed E-state index contributed by atoms with van der Waals surface area (Å²) >= 11 is 0. The second kappa shape index (κ2) is 58.6. The predicted octanol–water partition coefficient (Wildman–Crippen LogP) is 19.9. The van der Waals surface area contributed by atoms with E-state index in [-0.39, 0.29) is 37.5 Å². The van der Waals surface area contributed by atoms with Crippen molar-refractivity contribution in [3.63, 3.8) is 0 Å². The molecule has 6 heteroatoms. The molecule has 0 aromatic heterocycles. The zero-order valence-electron chi connectivity index (χ0n) is 46.2. The van der Waals surface area contributed by atoms with E-state index in [1.807, 2.05) is 0 Å². The first-order valence-corrected chi connectivity index (χ1v) is 29.4. The van der Waals surface area contributed by atoms with Crippen LogP contribution >= 0.6 is 0 Å². The highest BCUT2D eigenvalue weighted by molar-refractivity contribution is 5.71. The van der Waals surface area contributed by atoms with Gasteiger partial charge in [-0.05, 0) is 122 Å². The molecule has 0 aliphatic carbocycles. The van der Waals surface area contributed by atoms with Crippen molar-refractivity contribution in [2.45, 2.75) is 271 Å². The summed E-state index contributed by atoms with van der Waals surface area (Å²) in [6, 6.07) is 0. The third-order valence-corrected chi connectivity index (χ3v) is 12.2. The van der Waals surface area contributed by atoms with E-state index in [0.29, 0.717) is 19.3 Å². The van der Waals surface area contributed by atoms with Gasteiger partial charge in [-0.3, -0.25) is 14.4 Å². The number of allylic oxidation sites excluding steroid dienone is 18. The molecule has 71 heavy (non-hydrogen) atoms. The molecule has 1 atom stereocenters. The second-order valence-corrected chi connectivity index (χ2v) is 19.2. The summed E-state index contributed by atoms with van der Waals surface area (Å²) < 4.78 is 16.8. The first-order valence-electron chi connectivity index (χ1n) is 29.4. The van der Waals surface area contributed by atoms with E-state index in [1.165, 1.54) is 128 Å². The van der Waals surface area contributed by atoms with Crippen molar-refractivity contribution in [3.8, 4) is 0 Å². The topological polar surface area (TPSA) is 78.9 Å². The second-order valence-electron chi connectivity index (χ2n) is 19.2. The van der Waals surface area contributed by atoms with Crippen LogP contribution in [-0.2, 0) is 28.6 Å². The molecule has 0 amide bonds. The minimum absolute atomic E-state index is 0.114. The number of rotatable bonds is 52. The van der Waals surface area contributed by atoms with Crippen molar-refractivity contribution < 1.29 is 28.6 Å². The first kappa shape index (κ1) is 67.1. The molecular formula is C65H108O6. The maximum Gasteiger partial charge on any atom is 0.306 e. The van der Waals surface area contributed by atoms with Crippen molar-refractivity contribution >= 4 is 17.9 Å². The van der Waals surface area contributed by atoms with Crippen LogP contribution in [0.3, 0.4) is 0 Å². The zero-order valence-corrected chi connectivity index (χ0v) is 46.2. The monoisotopic (exact) mass is 985 g/mol. The Balaban J connectivity index is 4.49. The van der Waals surface area contributed by atoms with E-state index in [0.717, 1.165) is 89.9 Å². The van der Waals surface area contributed by atoms with Crippen LogP contribution in [0, 0.1) is 0 Å². The Kier molecular flexibility index (Phi) is 55.4. The lowest BCUT2D eigenvalue weighted by atomic mass is 10.0. The Morgan fingerprint density at radius 1 is 0.296 bits per heavy atom. The molecule has 0 bridgehead atoms. The summed E-state index contributed by atoms with van der Waals surface area (Å²) in [7, 11) is 0. The van der Waals surface area contributed by atoms with Crippen LogP contribution in [0.5, 0.6) is 0 Å². The minimum atomic E-state index is -0.826. The fourth-order valence-electron chi connectivity index (χ4n) is 7.83. The lowest BCUT2D eigenvalue weighted by Gasteiger charge is -2.18. The predicted molar refractivity (Wildman–Crippen MR) is 307 cm³/mol. The van der Waals surface area contributed by atoms with Gasteiger partial charge in [0.1, 0.15) is 13.2 Å². The molecule has 0 radical (unpaired) electrons. The Morgan fingerprint density at radius 2 is 0.563 bits per heavy atom. The zero-order chi connectivity index (χ0) is 51.4. The maximum absolute atomic E-state index is 12.8. The van der Waals surface area contributed by atoms with Gasteiger partial charge in [0, 0.05) is 19.3 Å². The number of hydrogen-bond acceptors (Lipinski definition) is 6. The Bertz CT molecular complexity index is 1460. The average Bonchev–Trinajstić information content (AvgIpc) is 3.37. The molecule has 0 aliphatic rings. The molecule has 0 saturated carbocycles. The summed E-state index contributed by atoms with van der Waals surface area (Å²) in [6.45, 7) is 6.42. The molecule has 0 unspecified atom stereocenters. The van der Waals surface area contributed by atoms with Crippen LogP contribution in [0.15, 0.2) is 109 Å². The summed E-state index contributed by atoms with van der Waals surface area (Å²) in [5.74, 6) is -1.01. The quantitative estimate of drug-likeness (QED) is 0.0261. The molecule has 0 aromatic rings. The molecule has 0 saturated heterocycles. The van der Waals surface area contributed by atoms with Gasteiger partial charge in [-0.25, -0.2) is 0 Å². The van der Waals surface area contributed by atoms with Gasteiger partial charge in [0.2, 0.25) is 0 Å². The highest BCUT2D eigenvalue weighted by atomic mass is 16.6. The number of hydrogen-bond donors (Lipinski definition) is 0. The van der Waals surface area contributed by atoms with E-state index in [9.17, 15) is 14.4 Å². The van der Waals surface area contributed by atoms with E-state index in [4.69, 9.17) is 14.2 Å². The lowest BCUT2D eigenvalue weighted by molar-refractivity contribution is -0.167. The van der Waals surface area contributed by atoms with Crippen molar-refractivity contribution in [2.24, 2.45) is 0 Å². The molecular weight excluding hydrogens is 877 g/mol. The summed E-state index contributed by atoms with van der Waals surface area (Å²) in [5, 5.41) is 0. The minimum Gasteiger partial charge on any atom is -0.462 e. The molecule has 6 nitrogen and oxygen atoms in total. The number of ether oxygens (including phenoxy) is 3. The number of esters is 3. The van der Waals surface area contributed by atoms with Gasteiger partial charge in [-0.15, -0.1) is 0 Å². The van der Waals surface area contributed by atoms with Crippen LogP contribution in [0.2, 0.25) is 0 Å². The van der Waals surface area contributed by atoms with Crippen LogP contribution in [0.25, 0.3) is 0 Å². The van der Waals surface area contributed by atoms with Gasteiger partial charge < -0.3 is 14.2 Å². The van der Waals surface area contributed by atoms with Crippen molar-refractivity contribution in [1.29, 1.82) is 0 Å². The summed E-state index contributed by atoms with van der Waals surface area (Å²) in [4.78, 5) is 38.2. The van der Waals surface area contributed by atoms with Crippen molar-refractivity contribution in [2.75, 3.05) is 13.2 Å². The molecule has 0 aromatic carbocycles. The maximum atomic E-state index is 12.8. The highest BCUT2D eigenvalue weighted by Gasteiger charge is 2.19. The molecule has 0 fully saturated rings. The summed E-state index contributed by atoms with van der Waals surface area (Å²) in [6.07, 6.45) is 79.5. The Labute approximate surface area is 438 Å². The van der Waals surface area contributed by atoms with Gasteiger partial charge in [0.25, 0.3) is 0 Å². The molecule has 0 N–H and O–H groups in total. The number of carbonyl (C=O) groups excluding carboxylic acids is 3. The van der Waals surface area contributed by atoms with E-state index in [1.54, 1.807) is 0 Å². The summed E-state index contributed by atoms with van der Waals surface area (Å²) in [5.41, 5.74) is 0. The SMILES string of the molecule is CC/C=C\C/C=C\C/C=C\C/C=C\C/C=C\CCCC(=O)O[C@H](COC(=O)CCCC/C=C\C/C=C\C/C=C\CCCCC)COC(=O)CCCCCCCCCCCCC/C=C\CCCCCCCC. The van der Waals surface area contributed by atoms with Gasteiger partial charge >= 0.3 is 17.9 Å². The number of unbranched alkanes of at least 4 members (excludes halogenated alkanes) is 23. The number of carbonyl (C=O) groups is 3. The fourth-order valence-corrected chi connectivity index (χ4v) is 7.83. The smallest absolute Gasteiger partial charge is 0.306 e. The molecule has 404 valence electrons. The van der Waals surface area contributed by atoms with Crippen LogP contribution in [0.1, 0.15) is 265 Å². The Morgan fingerprint density at radius 3 is 0.972 bits per heavy atom. The third kappa shape index (κ3) is 56.9. The van der Waals surface area contributed by atoms with E-state index in [2.05, 4.69) is 130 Å². The van der Waals surface area contributed by atoms with Gasteiger partial charge in [0.05, 0.1) is 0 Å². The molecule has 0 spiro atoms. The van der Waals surface area contributed by atoms with Gasteiger partial charge in [-0.2, -0.15) is 0 Å². The first-order chi connectivity index (χ1) is 35.0. The molecule has 0 heterocycles. The van der Waals surface area contributed by atoms with Gasteiger partial charge in [-0.1, -0.05) is 233 Å². The molecule has 0 rings (SSSR count). The average molecular weight is 986 g/mol. The standard InChI is InChI=1S/C65H108O6/c1-4-7-10-13-16-19-22-25-28-30-31-32-33-35-37-40-43-46-49-52-55-58-64(67)70-61-62(60-69-63(66)57-54-51-48-45-42-39-36-27-24-21-18-15-12-9-6-3)71-65(68)59-56-53-50-47-44-41-38-34-29-26-23-20-17-14-11-8-5-2/h8,11,17-18,20-21,25-29,36,38,41-42,45,47,50,62H,4-7,9-10,12-16,19,22-24,30-35,37,39-40,43-44,46,48-49,51-61H2,1-3H3/b11-8-,20-17-,21-18-,28-25-,29-26-,36-27-,41-38-,45-42-,50-47-/t62-/m1/s1. The van der Waals surface area contributed by atoms with Gasteiger partial charge in [0.15, 0.2) is 6.10 Å². The Hall–Kier alpha value is -3.93. The highest BCUT2D eigenvalue weighted by Crippen LogP contribution is 2.15. The third-order valence-electron chi connectivity index (χ3n) is 12.2. The van der Waals surface area contributed by atoms with Crippen LogP contribution < -0.4 is 0 Å². The fraction of sp³-hybridized carbons (Fsp3) is 0.677. The van der Waals surface area contributed by atoms with Crippen LogP contribution in [0.4, 0.5) is 0 Å². The normalized spacial score (nSPS) is 12.9. The van der Waals surface area contributed by atoms with E-state index < -0.39 is 6.10 Å². The lowest BCUT2D eigenvalue weighted by Crippen LogP contribution is -2.30. The van der Waals surface area contributed by atoms with Crippen molar-refractivity contribution in [1.82, 2.24) is 0 Å². The van der Waals surface area contributed by atoms with E-state index >= 15 is 0 Å². The largest absolute Gasteiger partial charge is 0.462 e. The van der Waals surface area contributed by atoms with Crippen molar-refractivity contribution in [3.05, 3.63) is 109 Å². The van der Waals surface area contributed by atoms with Crippen LogP contribution in [-0.4, -0.2) is 37.2 Å². The molecule has 0 aliphatic heterocycles.